The number of hydrogen-bond donors (Lipinski definition) is 2. The minimum atomic E-state index is -3.31. The maximum absolute atomic E-state index is 12.0. The Morgan fingerprint density at radius 2 is 2.24 bits per heavy atom. The zero-order valence-electron chi connectivity index (χ0n) is 9.60. The van der Waals surface area contributed by atoms with Crippen molar-refractivity contribution in [2.75, 3.05) is 13.1 Å². The average Bonchev–Trinajstić information content (AvgIpc) is 2.66. The van der Waals surface area contributed by atoms with Crippen LogP contribution < -0.4 is 10.0 Å². The summed E-state index contributed by atoms with van der Waals surface area (Å²) < 4.78 is 27.1. The van der Waals surface area contributed by atoms with Gasteiger partial charge >= 0.3 is 0 Å². The first-order valence-electron chi connectivity index (χ1n) is 5.37. The summed E-state index contributed by atoms with van der Waals surface area (Å²) in [5, 5.41) is 3.19. The molecule has 2 rings (SSSR count). The third-order valence-corrected chi connectivity index (χ3v) is 5.61. The molecule has 0 saturated carbocycles. The molecule has 0 aliphatic carbocycles. The summed E-state index contributed by atoms with van der Waals surface area (Å²) >= 11 is 1.31. The van der Waals surface area contributed by atoms with Crippen LogP contribution in [0.25, 0.3) is 0 Å². The largest absolute Gasteiger partial charge is 0.315 e. The van der Waals surface area contributed by atoms with Gasteiger partial charge in [-0.05, 0) is 38.4 Å². The summed E-state index contributed by atoms with van der Waals surface area (Å²) in [4.78, 5) is 1.02. The molecule has 1 aliphatic heterocycles. The summed E-state index contributed by atoms with van der Waals surface area (Å²) in [6.07, 6.45) is 1.94. The van der Waals surface area contributed by atoms with E-state index in [0.717, 1.165) is 30.8 Å². The summed E-state index contributed by atoms with van der Waals surface area (Å²) in [5.41, 5.74) is 0. The Bertz CT molecular complexity index is 453. The van der Waals surface area contributed by atoms with Crippen molar-refractivity contribution < 1.29 is 8.42 Å². The number of sulfonamides is 1. The van der Waals surface area contributed by atoms with Crippen LogP contribution in [0, 0.1) is 6.92 Å². The number of aryl methyl sites for hydroxylation is 1. The van der Waals surface area contributed by atoms with Crippen molar-refractivity contribution in [3.8, 4) is 0 Å². The summed E-state index contributed by atoms with van der Waals surface area (Å²) in [6.45, 7) is 3.62. The molecule has 0 amide bonds. The minimum Gasteiger partial charge on any atom is -0.315 e. The predicted octanol–water partition coefficient (Wildman–Crippen LogP) is 1.51. The first kappa shape index (κ1) is 14.9. The van der Waals surface area contributed by atoms with Gasteiger partial charge < -0.3 is 5.32 Å². The van der Waals surface area contributed by atoms with Crippen LogP contribution in [-0.4, -0.2) is 27.5 Å². The van der Waals surface area contributed by atoms with Crippen LogP contribution >= 0.6 is 23.7 Å². The van der Waals surface area contributed by atoms with Gasteiger partial charge in [-0.2, -0.15) is 0 Å². The summed E-state index contributed by atoms with van der Waals surface area (Å²) in [6, 6.07) is 3.53. The van der Waals surface area contributed by atoms with E-state index in [9.17, 15) is 8.42 Å². The van der Waals surface area contributed by atoms with Gasteiger partial charge in [0.1, 0.15) is 4.21 Å². The lowest BCUT2D eigenvalue weighted by Gasteiger charge is -2.23. The highest BCUT2D eigenvalue weighted by Crippen LogP contribution is 2.21. The van der Waals surface area contributed by atoms with Crippen molar-refractivity contribution in [3.05, 3.63) is 17.0 Å². The van der Waals surface area contributed by atoms with E-state index < -0.39 is 10.0 Å². The van der Waals surface area contributed by atoms with Crippen LogP contribution in [0.1, 0.15) is 17.7 Å². The van der Waals surface area contributed by atoms with Crippen LogP contribution in [-0.2, 0) is 10.0 Å². The van der Waals surface area contributed by atoms with Gasteiger partial charge in [0, 0.05) is 17.5 Å². The van der Waals surface area contributed by atoms with Crippen molar-refractivity contribution in [3.63, 3.8) is 0 Å². The van der Waals surface area contributed by atoms with Gasteiger partial charge in [0.15, 0.2) is 0 Å². The molecule has 1 aliphatic rings. The van der Waals surface area contributed by atoms with Gasteiger partial charge in [0.2, 0.25) is 10.0 Å². The Kier molecular flexibility index (Phi) is 5.40. The topological polar surface area (TPSA) is 58.2 Å². The summed E-state index contributed by atoms with van der Waals surface area (Å²) in [7, 11) is -3.31. The molecule has 0 bridgehead atoms. The van der Waals surface area contributed by atoms with Gasteiger partial charge in [-0.25, -0.2) is 13.1 Å². The molecule has 1 aromatic rings. The number of hydrogen-bond acceptors (Lipinski definition) is 4. The highest BCUT2D eigenvalue weighted by molar-refractivity contribution is 7.91. The van der Waals surface area contributed by atoms with Crippen molar-refractivity contribution in [2.24, 2.45) is 0 Å². The van der Waals surface area contributed by atoms with Gasteiger partial charge in [-0.15, -0.1) is 23.7 Å². The molecule has 1 atom stereocenters. The molecule has 17 heavy (non-hydrogen) atoms. The van der Waals surface area contributed by atoms with Crippen molar-refractivity contribution >= 4 is 33.8 Å². The Labute approximate surface area is 112 Å². The number of nitrogens with one attached hydrogen (secondary N) is 2. The SMILES string of the molecule is Cc1ccc(S(=O)(=O)N[C@@H]2CCCNC2)s1.Cl. The maximum atomic E-state index is 12.0. The quantitative estimate of drug-likeness (QED) is 0.889. The molecule has 1 fully saturated rings. The smallest absolute Gasteiger partial charge is 0.250 e. The minimum absolute atomic E-state index is 0. The fourth-order valence-electron chi connectivity index (χ4n) is 1.79. The fourth-order valence-corrected chi connectivity index (χ4v) is 4.36. The average molecular weight is 297 g/mol. The van der Waals surface area contributed by atoms with E-state index in [0.29, 0.717) is 4.21 Å². The second-order valence-corrected chi connectivity index (χ2v) is 7.26. The zero-order chi connectivity index (χ0) is 11.6. The third-order valence-electron chi connectivity index (χ3n) is 2.60. The molecule has 1 saturated heterocycles. The molecule has 0 unspecified atom stereocenters. The Morgan fingerprint density at radius 3 is 2.76 bits per heavy atom. The van der Waals surface area contributed by atoms with Crippen LogP contribution in [0.15, 0.2) is 16.3 Å². The first-order valence-corrected chi connectivity index (χ1v) is 7.67. The number of halogens is 1. The van der Waals surface area contributed by atoms with E-state index in [1.54, 1.807) is 6.07 Å². The third kappa shape index (κ3) is 3.93. The Hall–Kier alpha value is -0.140. The molecule has 7 heteroatoms. The maximum Gasteiger partial charge on any atom is 0.250 e. The van der Waals surface area contributed by atoms with E-state index >= 15 is 0 Å². The second kappa shape index (κ2) is 6.15. The number of rotatable bonds is 3. The molecular weight excluding hydrogens is 280 g/mol. The van der Waals surface area contributed by atoms with E-state index in [4.69, 9.17) is 0 Å². The number of thiophene rings is 1. The Balaban J connectivity index is 0.00000144. The second-order valence-electron chi connectivity index (χ2n) is 4.03. The first-order chi connectivity index (χ1) is 7.58. The highest BCUT2D eigenvalue weighted by atomic mass is 35.5. The summed E-state index contributed by atoms with van der Waals surface area (Å²) in [5.74, 6) is 0. The molecule has 2 heterocycles. The normalized spacial score (nSPS) is 20.9. The molecular formula is C10H17ClN2O2S2. The lowest BCUT2D eigenvalue weighted by atomic mass is 10.1. The molecule has 4 nitrogen and oxygen atoms in total. The van der Waals surface area contributed by atoms with Crippen molar-refractivity contribution in [1.29, 1.82) is 0 Å². The van der Waals surface area contributed by atoms with Crippen molar-refractivity contribution in [1.82, 2.24) is 10.0 Å². The highest BCUT2D eigenvalue weighted by Gasteiger charge is 2.22. The lowest BCUT2D eigenvalue weighted by Crippen LogP contribution is -2.45. The standard InChI is InChI=1S/C10H16N2O2S2.ClH/c1-8-4-5-10(15-8)16(13,14)12-9-3-2-6-11-7-9;/h4-5,9,11-12H,2-3,6-7H2,1H3;1H/t9-;/m1./s1. The fraction of sp³-hybridized carbons (Fsp3) is 0.600. The number of piperidine rings is 1. The zero-order valence-corrected chi connectivity index (χ0v) is 12.1. The molecule has 0 aromatic carbocycles. The molecule has 1 aromatic heterocycles. The molecule has 0 radical (unpaired) electrons. The molecule has 98 valence electrons. The van der Waals surface area contributed by atoms with Crippen LogP contribution in [0.5, 0.6) is 0 Å². The van der Waals surface area contributed by atoms with Gasteiger partial charge in [-0.3, -0.25) is 0 Å². The van der Waals surface area contributed by atoms with Gasteiger partial charge in [0.05, 0.1) is 0 Å². The van der Waals surface area contributed by atoms with E-state index in [1.807, 2.05) is 13.0 Å². The monoisotopic (exact) mass is 296 g/mol. The van der Waals surface area contributed by atoms with Gasteiger partial charge in [0.25, 0.3) is 0 Å². The van der Waals surface area contributed by atoms with Crippen LogP contribution in [0.2, 0.25) is 0 Å². The molecule has 2 N–H and O–H groups in total. The van der Waals surface area contributed by atoms with Gasteiger partial charge in [-0.1, -0.05) is 0 Å². The van der Waals surface area contributed by atoms with E-state index in [-0.39, 0.29) is 18.4 Å². The Morgan fingerprint density at radius 1 is 1.47 bits per heavy atom. The van der Waals surface area contributed by atoms with E-state index in [2.05, 4.69) is 10.0 Å². The van der Waals surface area contributed by atoms with Crippen LogP contribution in [0.3, 0.4) is 0 Å². The van der Waals surface area contributed by atoms with Crippen LogP contribution in [0.4, 0.5) is 0 Å². The molecule has 0 spiro atoms. The van der Waals surface area contributed by atoms with E-state index in [1.165, 1.54) is 11.3 Å². The predicted molar refractivity (Wildman–Crippen MR) is 72.5 cm³/mol. The van der Waals surface area contributed by atoms with Crippen molar-refractivity contribution in [2.45, 2.75) is 30.0 Å². The lowest BCUT2D eigenvalue weighted by molar-refractivity contribution is 0.429.